The van der Waals surface area contributed by atoms with E-state index in [1.54, 1.807) is 17.4 Å². The second-order valence-electron chi connectivity index (χ2n) is 4.32. The van der Waals surface area contributed by atoms with E-state index >= 15 is 0 Å². The zero-order valence-corrected chi connectivity index (χ0v) is 11.4. The van der Waals surface area contributed by atoms with Crippen LogP contribution in [0.15, 0.2) is 24.3 Å². The van der Waals surface area contributed by atoms with Crippen LogP contribution in [-0.4, -0.2) is 19.6 Å². The molecule has 1 heterocycles. The van der Waals surface area contributed by atoms with Gasteiger partial charge in [-0.1, -0.05) is 6.92 Å². The lowest BCUT2D eigenvalue weighted by Gasteiger charge is -2.03. The first-order chi connectivity index (χ1) is 8.79. The summed E-state index contributed by atoms with van der Waals surface area (Å²) in [5.74, 6) is -0.163. The van der Waals surface area contributed by atoms with Gasteiger partial charge in [0.25, 0.3) is 0 Å². The molecule has 0 radical (unpaired) electrons. The van der Waals surface area contributed by atoms with Crippen molar-refractivity contribution in [3.63, 3.8) is 0 Å². The summed E-state index contributed by atoms with van der Waals surface area (Å²) in [6, 6.07) is 7.03. The van der Waals surface area contributed by atoms with Crippen molar-refractivity contribution in [3.05, 3.63) is 35.0 Å². The molecule has 0 bridgehead atoms. The van der Waals surface area contributed by atoms with Gasteiger partial charge in [0.2, 0.25) is 0 Å². The first-order valence-corrected chi connectivity index (χ1v) is 7.20. The molecule has 0 saturated carbocycles. The SMILES string of the molecule is CCCNCCNCc1cc2cc(F)ccc2s1. The number of hydrogen-bond acceptors (Lipinski definition) is 3. The Morgan fingerprint density at radius 1 is 1.11 bits per heavy atom. The zero-order chi connectivity index (χ0) is 12.8. The highest BCUT2D eigenvalue weighted by Crippen LogP contribution is 2.25. The standard InChI is InChI=1S/C14H19FN2S/c1-2-5-16-6-7-17-10-13-9-11-8-12(15)3-4-14(11)18-13/h3-4,8-9,16-17H,2,5-7,10H2,1H3. The van der Waals surface area contributed by atoms with E-state index < -0.39 is 0 Å². The highest BCUT2D eigenvalue weighted by Gasteiger charge is 2.02. The third-order valence-electron chi connectivity index (χ3n) is 2.73. The Hall–Kier alpha value is -0.970. The molecule has 0 amide bonds. The Morgan fingerprint density at radius 2 is 1.94 bits per heavy atom. The minimum absolute atomic E-state index is 0.163. The summed E-state index contributed by atoms with van der Waals surface area (Å²) in [5, 5.41) is 7.74. The molecule has 0 atom stereocenters. The highest BCUT2D eigenvalue weighted by molar-refractivity contribution is 7.19. The van der Waals surface area contributed by atoms with Crippen LogP contribution in [0.3, 0.4) is 0 Å². The molecule has 0 fully saturated rings. The normalized spacial score (nSPS) is 11.2. The van der Waals surface area contributed by atoms with E-state index in [0.29, 0.717) is 0 Å². The van der Waals surface area contributed by atoms with E-state index in [1.807, 2.05) is 6.07 Å². The fraction of sp³-hybridized carbons (Fsp3) is 0.429. The first kappa shape index (κ1) is 13.5. The number of benzene rings is 1. The van der Waals surface area contributed by atoms with Crippen molar-refractivity contribution in [2.75, 3.05) is 19.6 Å². The third kappa shape index (κ3) is 3.77. The fourth-order valence-electron chi connectivity index (χ4n) is 1.85. The molecular formula is C14H19FN2S. The lowest BCUT2D eigenvalue weighted by Crippen LogP contribution is -2.27. The van der Waals surface area contributed by atoms with Crippen LogP contribution in [0.1, 0.15) is 18.2 Å². The van der Waals surface area contributed by atoms with E-state index in [9.17, 15) is 4.39 Å². The summed E-state index contributed by atoms with van der Waals surface area (Å²) in [6.45, 7) is 6.05. The highest BCUT2D eigenvalue weighted by atomic mass is 32.1. The van der Waals surface area contributed by atoms with Crippen LogP contribution in [0.25, 0.3) is 10.1 Å². The minimum atomic E-state index is -0.163. The summed E-state index contributed by atoms with van der Waals surface area (Å²) in [5.41, 5.74) is 0. The third-order valence-corrected chi connectivity index (χ3v) is 3.85. The second-order valence-corrected chi connectivity index (χ2v) is 5.49. The number of fused-ring (bicyclic) bond motifs is 1. The molecule has 98 valence electrons. The Bertz CT molecular complexity index is 495. The zero-order valence-electron chi connectivity index (χ0n) is 10.6. The molecule has 0 unspecified atom stereocenters. The Morgan fingerprint density at radius 3 is 2.78 bits per heavy atom. The molecule has 0 aliphatic carbocycles. The van der Waals surface area contributed by atoms with E-state index in [2.05, 4.69) is 23.6 Å². The summed E-state index contributed by atoms with van der Waals surface area (Å²) >= 11 is 1.72. The van der Waals surface area contributed by atoms with E-state index in [4.69, 9.17) is 0 Å². The van der Waals surface area contributed by atoms with Crippen molar-refractivity contribution < 1.29 is 4.39 Å². The van der Waals surface area contributed by atoms with Crippen LogP contribution in [0.2, 0.25) is 0 Å². The van der Waals surface area contributed by atoms with Gasteiger partial charge < -0.3 is 10.6 Å². The van der Waals surface area contributed by atoms with Gasteiger partial charge in [-0.3, -0.25) is 0 Å². The first-order valence-electron chi connectivity index (χ1n) is 6.39. The number of nitrogens with one attached hydrogen (secondary N) is 2. The minimum Gasteiger partial charge on any atom is -0.315 e. The average molecular weight is 266 g/mol. The quantitative estimate of drug-likeness (QED) is 0.752. The van der Waals surface area contributed by atoms with Gasteiger partial charge in [0.1, 0.15) is 5.82 Å². The largest absolute Gasteiger partial charge is 0.315 e. The summed E-state index contributed by atoms with van der Waals surface area (Å²) in [6.07, 6.45) is 1.17. The van der Waals surface area contributed by atoms with E-state index in [0.717, 1.165) is 36.3 Å². The number of thiophene rings is 1. The molecule has 0 aliphatic rings. The van der Waals surface area contributed by atoms with Crippen molar-refractivity contribution >= 4 is 21.4 Å². The average Bonchev–Trinajstić information content (AvgIpc) is 2.75. The van der Waals surface area contributed by atoms with Gasteiger partial charge >= 0.3 is 0 Å². The molecule has 2 aromatic rings. The van der Waals surface area contributed by atoms with Crippen molar-refractivity contribution in [3.8, 4) is 0 Å². The number of hydrogen-bond donors (Lipinski definition) is 2. The molecule has 0 spiro atoms. The van der Waals surface area contributed by atoms with Crippen molar-refractivity contribution in [2.24, 2.45) is 0 Å². The topological polar surface area (TPSA) is 24.1 Å². The summed E-state index contributed by atoms with van der Waals surface area (Å²) in [7, 11) is 0. The molecule has 1 aromatic heterocycles. The Kier molecular flexibility index (Phi) is 5.11. The van der Waals surface area contributed by atoms with Crippen LogP contribution >= 0.6 is 11.3 Å². The maximum Gasteiger partial charge on any atom is 0.123 e. The van der Waals surface area contributed by atoms with Gasteiger partial charge in [-0.25, -0.2) is 4.39 Å². The van der Waals surface area contributed by atoms with Gasteiger partial charge in [0.15, 0.2) is 0 Å². The van der Waals surface area contributed by atoms with Gasteiger partial charge in [-0.15, -0.1) is 11.3 Å². The Balaban J connectivity index is 1.81. The molecule has 0 aliphatic heterocycles. The van der Waals surface area contributed by atoms with Crippen LogP contribution in [0.4, 0.5) is 4.39 Å². The van der Waals surface area contributed by atoms with Crippen LogP contribution in [-0.2, 0) is 6.54 Å². The van der Waals surface area contributed by atoms with Gasteiger partial charge in [-0.05, 0) is 42.6 Å². The molecule has 1 aromatic carbocycles. The summed E-state index contributed by atoms with van der Waals surface area (Å²) in [4.78, 5) is 1.26. The van der Waals surface area contributed by atoms with E-state index in [1.165, 1.54) is 17.4 Å². The molecule has 2 rings (SSSR count). The van der Waals surface area contributed by atoms with Crippen LogP contribution < -0.4 is 10.6 Å². The van der Waals surface area contributed by atoms with Crippen molar-refractivity contribution in [1.29, 1.82) is 0 Å². The molecule has 4 heteroatoms. The van der Waals surface area contributed by atoms with Crippen molar-refractivity contribution in [2.45, 2.75) is 19.9 Å². The molecule has 2 nitrogen and oxygen atoms in total. The number of rotatable bonds is 7. The smallest absolute Gasteiger partial charge is 0.123 e. The maximum absolute atomic E-state index is 13.1. The predicted molar refractivity (Wildman–Crippen MR) is 76.7 cm³/mol. The van der Waals surface area contributed by atoms with Gasteiger partial charge in [-0.2, -0.15) is 0 Å². The van der Waals surface area contributed by atoms with Crippen LogP contribution in [0.5, 0.6) is 0 Å². The van der Waals surface area contributed by atoms with Crippen molar-refractivity contribution in [1.82, 2.24) is 10.6 Å². The summed E-state index contributed by atoms with van der Waals surface area (Å²) < 4.78 is 14.2. The molecule has 0 saturated heterocycles. The molecular weight excluding hydrogens is 247 g/mol. The van der Waals surface area contributed by atoms with Gasteiger partial charge in [0, 0.05) is 29.2 Å². The van der Waals surface area contributed by atoms with Crippen LogP contribution in [0, 0.1) is 5.82 Å². The molecule has 2 N–H and O–H groups in total. The number of halogens is 1. The monoisotopic (exact) mass is 266 g/mol. The lowest BCUT2D eigenvalue weighted by atomic mass is 10.2. The fourth-order valence-corrected chi connectivity index (χ4v) is 2.86. The lowest BCUT2D eigenvalue weighted by molar-refractivity contribution is 0.609. The van der Waals surface area contributed by atoms with E-state index in [-0.39, 0.29) is 5.82 Å². The molecule has 18 heavy (non-hydrogen) atoms. The van der Waals surface area contributed by atoms with Gasteiger partial charge in [0.05, 0.1) is 0 Å². The Labute approximate surface area is 111 Å². The predicted octanol–water partition coefficient (Wildman–Crippen LogP) is 3.13. The maximum atomic E-state index is 13.1. The second kappa shape index (κ2) is 6.83.